The van der Waals surface area contributed by atoms with Crippen molar-refractivity contribution in [2.24, 2.45) is 0 Å². The predicted octanol–water partition coefficient (Wildman–Crippen LogP) is 4.54. The highest BCUT2D eigenvalue weighted by atomic mass is 79.9. The van der Waals surface area contributed by atoms with Crippen molar-refractivity contribution in [3.63, 3.8) is 0 Å². The van der Waals surface area contributed by atoms with Crippen LogP contribution in [0.3, 0.4) is 0 Å². The van der Waals surface area contributed by atoms with E-state index in [1.54, 1.807) is 24.3 Å². The molecule has 0 atom stereocenters. The Hall–Kier alpha value is -1.81. The van der Waals surface area contributed by atoms with E-state index in [0.717, 1.165) is 10.2 Å². The van der Waals surface area contributed by atoms with E-state index >= 15 is 0 Å². The Kier molecular flexibility index (Phi) is 2.82. The number of hydrogen-bond acceptors (Lipinski definition) is 2. The zero-order valence-corrected chi connectivity index (χ0v) is 11.5. The fraction of sp³-hybridized carbons (Fsp3) is 0.133. The monoisotopic (exact) mass is 323 g/mol. The molecule has 0 unspecified atom stereocenters. The molecular formula is C15H15BrN2O. The first-order chi connectivity index (χ1) is 11.1. The van der Waals surface area contributed by atoms with Gasteiger partial charge < -0.3 is 10.6 Å². The number of carbonyl (C=O) groups is 1. The van der Waals surface area contributed by atoms with E-state index in [1.807, 2.05) is 24.3 Å². The van der Waals surface area contributed by atoms with Crippen LogP contribution in [0.4, 0.5) is 17.1 Å². The van der Waals surface area contributed by atoms with Crippen LogP contribution in [0.15, 0.2) is 53.0 Å². The van der Waals surface area contributed by atoms with Gasteiger partial charge in [-0.25, -0.2) is 0 Å². The maximum Gasteiger partial charge on any atom is 0.224 e. The maximum atomic E-state index is 12.1. The Balaban J connectivity index is 2.23. The first kappa shape index (κ1) is 8.38. The van der Waals surface area contributed by atoms with E-state index < -0.39 is 19.1 Å². The Morgan fingerprint density at radius 3 is 2.58 bits per heavy atom. The van der Waals surface area contributed by atoms with Crippen LogP contribution in [0.5, 0.6) is 0 Å². The van der Waals surface area contributed by atoms with Gasteiger partial charge in [0, 0.05) is 23.4 Å². The summed E-state index contributed by atoms with van der Waals surface area (Å²) in [4.78, 5) is 12.1. The minimum absolute atomic E-state index is 0.290. The van der Waals surface area contributed by atoms with Gasteiger partial charge in [0.25, 0.3) is 0 Å². The molecule has 0 aliphatic rings. The average molecular weight is 324 g/mol. The largest absolute Gasteiger partial charge is 0.354 e. The number of rotatable bonds is 4. The van der Waals surface area contributed by atoms with Crippen molar-refractivity contribution in [3.05, 3.63) is 53.0 Å². The van der Waals surface area contributed by atoms with Gasteiger partial charge in [0.15, 0.2) is 0 Å². The van der Waals surface area contributed by atoms with Gasteiger partial charge in [0.2, 0.25) is 5.91 Å². The Labute approximate surface area is 128 Å². The van der Waals surface area contributed by atoms with Crippen LogP contribution < -0.4 is 10.6 Å². The molecule has 4 heteroatoms. The lowest BCUT2D eigenvalue weighted by molar-refractivity contribution is -0.115. The van der Waals surface area contributed by atoms with E-state index in [-0.39, 0.29) is 0 Å². The van der Waals surface area contributed by atoms with E-state index in [0.29, 0.717) is 11.4 Å². The van der Waals surface area contributed by atoms with Crippen molar-refractivity contribution in [1.29, 1.82) is 0 Å². The predicted molar refractivity (Wildman–Crippen MR) is 82.8 cm³/mol. The van der Waals surface area contributed by atoms with Crippen LogP contribution in [0.2, 0.25) is 0 Å². The molecule has 0 saturated carbocycles. The van der Waals surface area contributed by atoms with Gasteiger partial charge in [-0.3, -0.25) is 4.79 Å². The number of halogens is 1. The first-order valence-electron chi connectivity index (χ1n) is 8.04. The van der Waals surface area contributed by atoms with Gasteiger partial charge in [0.1, 0.15) is 0 Å². The fourth-order valence-electron chi connectivity index (χ4n) is 1.54. The third-order valence-corrected chi connectivity index (χ3v) is 2.94. The third kappa shape index (κ3) is 3.83. The topological polar surface area (TPSA) is 41.1 Å². The summed E-state index contributed by atoms with van der Waals surface area (Å²) < 4.78 is 37.4. The summed E-state index contributed by atoms with van der Waals surface area (Å²) in [6.45, 7) is -3.05. The zero-order chi connectivity index (χ0) is 18.0. The van der Waals surface area contributed by atoms with Gasteiger partial charge in [0.05, 0.1) is 11.4 Å². The minimum Gasteiger partial charge on any atom is -0.354 e. The van der Waals surface area contributed by atoms with Crippen molar-refractivity contribution in [1.82, 2.24) is 0 Å². The highest BCUT2D eigenvalue weighted by Crippen LogP contribution is 2.26. The normalized spacial score (nSPS) is 15.3. The molecule has 2 aromatic carbocycles. The van der Waals surface area contributed by atoms with Crippen LogP contribution in [-0.2, 0) is 4.79 Å². The maximum absolute atomic E-state index is 12.1. The molecule has 0 aliphatic carbocycles. The number of carbonyl (C=O) groups excluding carboxylic acids is 1. The highest BCUT2D eigenvalue weighted by molar-refractivity contribution is 9.10. The van der Waals surface area contributed by atoms with Gasteiger partial charge >= 0.3 is 0 Å². The molecule has 0 radical (unpaired) electrons. The van der Waals surface area contributed by atoms with Gasteiger partial charge in [-0.1, -0.05) is 34.9 Å². The van der Waals surface area contributed by atoms with Crippen LogP contribution >= 0.6 is 15.9 Å². The quantitative estimate of drug-likeness (QED) is 0.867. The van der Waals surface area contributed by atoms with Crippen LogP contribution in [0.1, 0.15) is 20.1 Å². The van der Waals surface area contributed by atoms with Crippen LogP contribution in [0.25, 0.3) is 0 Å². The SMILES string of the molecule is [2H]C([2H])([2H])C([2H])([2H])C(=O)Nc1ccccc1Nc1ccc(Br)cc1. The molecule has 0 bridgehead atoms. The van der Waals surface area contributed by atoms with E-state index in [2.05, 4.69) is 26.6 Å². The second-order valence-corrected chi connectivity index (χ2v) is 4.67. The molecule has 2 rings (SSSR count). The molecule has 0 aliphatic heterocycles. The second kappa shape index (κ2) is 6.38. The van der Waals surface area contributed by atoms with Crippen molar-refractivity contribution < 1.29 is 11.6 Å². The van der Waals surface area contributed by atoms with Gasteiger partial charge in [-0.05, 0) is 36.4 Å². The Morgan fingerprint density at radius 1 is 1.21 bits per heavy atom. The highest BCUT2D eigenvalue weighted by Gasteiger charge is 2.04. The summed E-state index contributed by atoms with van der Waals surface area (Å²) >= 11 is 3.34. The lowest BCUT2D eigenvalue weighted by atomic mass is 10.2. The zero-order valence-electron chi connectivity index (χ0n) is 14.9. The summed E-state index contributed by atoms with van der Waals surface area (Å²) in [5.41, 5.74) is 1.58. The average Bonchev–Trinajstić information content (AvgIpc) is 2.50. The summed E-state index contributed by atoms with van der Waals surface area (Å²) in [7, 11) is 0. The van der Waals surface area contributed by atoms with Crippen molar-refractivity contribution in [2.45, 2.75) is 13.2 Å². The molecule has 98 valence electrons. The first-order valence-corrected chi connectivity index (χ1v) is 6.33. The second-order valence-electron chi connectivity index (χ2n) is 3.76. The fourth-order valence-corrected chi connectivity index (χ4v) is 1.81. The number of para-hydroxylation sites is 2. The molecular weight excluding hydrogens is 304 g/mol. The smallest absolute Gasteiger partial charge is 0.224 e. The number of nitrogens with one attached hydrogen (secondary N) is 2. The molecule has 2 aromatic rings. The summed E-state index contributed by atoms with van der Waals surface area (Å²) in [6.07, 6.45) is -2.99. The number of anilines is 3. The molecule has 0 heterocycles. The van der Waals surface area contributed by atoms with Gasteiger partial charge in [-0.15, -0.1) is 0 Å². The Morgan fingerprint density at radius 2 is 1.89 bits per heavy atom. The molecule has 0 aromatic heterocycles. The van der Waals surface area contributed by atoms with Gasteiger partial charge in [-0.2, -0.15) is 0 Å². The summed E-state index contributed by atoms with van der Waals surface area (Å²) in [6, 6.07) is 14.0. The number of benzene rings is 2. The third-order valence-electron chi connectivity index (χ3n) is 2.41. The Bertz CT molecular complexity index is 731. The molecule has 2 N–H and O–H groups in total. The lowest BCUT2D eigenvalue weighted by Crippen LogP contribution is -2.10. The molecule has 3 nitrogen and oxygen atoms in total. The summed E-state index contributed by atoms with van der Waals surface area (Å²) in [5, 5.41) is 5.44. The van der Waals surface area contributed by atoms with E-state index in [4.69, 9.17) is 6.85 Å². The lowest BCUT2D eigenvalue weighted by Gasteiger charge is -2.12. The number of hydrogen-bond donors (Lipinski definition) is 2. The van der Waals surface area contributed by atoms with Crippen LogP contribution in [0, 0.1) is 0 Å². The van der Waals surface area contributed by atoms with E-state index in [9.17, 15) is 4.79 Å². The molecule has 0 saturated heterocycles. The van der Waals surface area contributed by atoms with Crippen molar-refractivity contribution in [2.75, 3.05) is 10.6 Å². The van der Waals surface area contributed by atoms with E-state index in [1.165, 1.54) is 0 Å². The van der Waals surface area contributed by atoms with Crippen LogP contribution in [-0.4, -0.2) is 5.91 Å². The standard InChI is InChI=1S/C15H15BrN2O/c1-2-15(19)18-14-6-4-3-5-13(14)17-12-9-7-11(16)8-10-12/h3-10,17H,2H2,1H3,(H,18,19)/i1D3,2D2. The van der Waals surface area contributed by atoms with Crippen molar-refractivity contribution in [3.8, 4) is 0 Å². The molecule has 0 spiro atoms. The summed E-state index contributed by atoms with van der Waals surface area (Å²) in [5.74, 6) is -1.22. The molecule has 19 heavy (non-hydrogen) atoms. The molecule has 0 fully saturated rings. The molecule has 1 amide bonds. The minimum atomic E-state index is -3.05. The van der Waals surface area contributed by atoms with Crippen molar-refractivity contribution >= 4 is 38.9 Å². The number of amides is 1.